The average Bonchev–Trinajstić information content (AvgIpc) is 2.36. The van der Waals surface area contributed by atoms with Gasteiger partial charge in [-0.05, 0) is 33.6 Å². The molecule has 9 heteroatoms. The predicted molar refractivity (Wildman–Crippen MR) is 67.9 cm³/mol. The summed E-state index contributed by atoms with van der Waals surface area (Å²) in [5.41, 5.74) is -0.298. The molecule has 0 spiro atoms. The van der Waals surface area contributed by atoms with Gasteiger partial charge in [0, 0.05) is 12.3 Å². The Bertz CT molecular complexity index is 656. The molecule has 0 fully saturated rings. The van der Waals surface area contributed by atoms with E-state index in [2.05, 4.69) is 25.9 Å². The highest BCUT2D eigenvalue weighted by Gasteiger charge is 2.15. The van der Waals surface area contributed by atoms with E-state index >= 15 is 0 Å². The first-order chi connectivity index (χ1) is 8.97. The molecule has 0 aliphatic carbocycles. The number of aromatic nitrogens is 2. The first kappa shape index (κ1) is 13.6. The third-order valence-electron chi connectivity index (χ3n) is 2.01. The lowest BCUT2D eigenvalue weighted by Gasteiger charge is -2.07. The number of nitro benzene ring substituents is 1. The van der Waals surface area contributed by atoms with Crippen molar-refractivity contribution in [3.8, 4) is 11.6 Å². The molecular formula is C10H4BrClFN3O3. The van der Waals surface area contributed by atoms with E-state index in [4.69, 9.17) is 16.3 Å². The summed E-state index contributed by atoms with van der Waals surface area (Å²) < 4.78 is 19.0. The summed E-state index contributed by atoms with van der Waals surface area (Å²) in [6, 6.07) is 2.92. The van der Waals surface area contributed by atoms with Crippen LogP contribution >= 0.6 is 27.5 Å². The van der Waals surface area contributed by atoms with E-state index < -0.39 is 10.7 Å². The molecule has 0 amide bonds. The molecule has 19 heavy (non-hydrogen) atoms. The monoisotopic (exact) mass is 347 g/mol. The number of halogens is 3. The normalized spacial score (nSPS) is 10.3. The molecule has 0 aliphatic rings. The van der Waals surface area contributed by atoms with Crippen molar-refractivity contribution < 1.29 is 14.1 Å². The lowest BCUT2D eigenvalue weighted by atomic mass is 10.3. The number of nitrogens with zero attached hydrogens (tertiary/aromatic N) is 3. The van der Waals surface area contributed by atoms with Crippen LogP contribution in [0.3, 0.4) is 0 Å². The van der Waals surface area contributed by atoms with Gasteiger partial charge in [-0.2, -0.15) is 4.98 Å². The van der Waals surface area contributed by atoms with Gasteiger partial charge in [0.1, 0.15) is 0 Å². The van der Waals surface area contributed by atoms with Gasteiger partial charge < -0.3 is 4.74 Å². The van der Waals surface area contributed by atoms with Crippen molar-refractivity contribution in [1.82, 2.24) is 9.97 Å². The van der Waals surface area contributed by atoms with E-state index in [9.17, 15) is 14.5 Å². The van der Waals surface area contributed by atoms with E-state index in [1.54, 1.807) is 0 Å². The number of hydrogen-bond donors (Lipinski definition) is 0. The number of non-ortho nitro benzene ring substituents is 1. The standard InChI is InChI=1S/C10H4BrClFN3O3/c11-6-4-14-10(12)15-9(6)19-8-3-5(16(17)18)1-2-7(8)13/h1-4H. The van der Waals surface area contributed by atoms with Gasteiger partial charge in [-0.15, -0.1) is 0 Å². The lowest BCUT2D eigenvalue weighted by molar-refractivity contribution is -0.385. The van der Waals surface area contributed by atoms with E-state index in [1.165, 1.54) is 6.20 Å². The van der Waals surface area contributed by atoms with E-state index in [0.717, 1.165) is 18.2 Å². The Morgan fingerprint density at radius 3 is 2.89 bits per heavy atom. The highest BCUT2D eigenvalue weighted by Crippen LogP contribution is 2.31. The molecular weight excluding hydrogens is 344 g/mol. The highest BCUT2D eigenvalue weighted by atomic mass is 79.9. The second-order valence-corrected chi connectivity index (χ2v) is 4.46. The Balaban J connectivity index is 2.40. The maximum Gasteiger partial charge on any atom is 0.273 e. The molecule has 1 aromatic carbocycles. The summed E-state index contributed by atoms with van der Waals surface area (Å²) in [5, 5.41) is 10.5. The third kappa shape index (κ3) is 3.15. The summed E-state index contributed by atoms with van der Waals surface area (Å²) in [6.07, 6.45) is 1.32. The minimum atomic E-state index is -0.757. The SMILES string of the molecule is O=[N+]([O-])c1ccc(F)c(Oc2nc(Cl)ncc2Br)c1. The first-order valence-corrected chi connectivity index (χ1v) is 5.94. The Morgan fingerprint density at radius 2 is 2.21 bits per heavy atom. The van der Waals surface area contributed by atoms with Crippen LogP contribution in [-0.2, 0) is 0 Å². The van der Waals surface area contributed by atoms with Gasteiger partial charge in [0.05, 0.1) is 15.5 Å². The summed E-state index contributed by atoms with van der Waals surface area (Å²) in [5.74, 6) is -1.13. The van der Waals surface area contributed by atoms with Gasteiger partial charge >= 0.3 is 0 Å². The van der Waals surface area contributed by atoms with Crippen LogP contribution in [0.25, 0.3) is 0 Å². The highest BCUT2D eigenvalue weighted by molar-refractivity contribution is 9.10. The van der Waals surface area contributed by atoms with Crippen molar-refractivity contribution in [2.75, 3.05) is 0 Å². The molecule has 0 unspecified atom stereocenters. The summed E-state index contributed by atoms with van der Waals surface area (Å²) in [7, 11) is 0. The quantitative estimate of drug-likeness (QED) is 0.480. The lowest BCUT2D eigenvalue weighted by Crippen LogP contribution is -1.95. The van der Waals surface area contributed by atoms with Crippen LogP contribution in [0.2, 0.25) is 5.28 Å². The largest absolute Gasteiger partial charge is 0.434 e. The van der Waals surface area contributed by atoms with E-state index in [1.807, 2.05) is 0 Å². The number of hydrogen-bond acceptors (Lipinski definition) is 5. The molecule has 0 radical (unpaired) electrons. The minimum absolute atomic E-state index is 0.0422. The Morgan fingerprint density at radius 1 is 1.47 bits per heavy atom. The van der Waals surface area contributed by atoms with Gasteiger partial charge in [0.15, 0.2) is 11.6 Å². The molecule has 0 aliphatic heterocycles. The van der Waals surface area contributed by atoms with Crippen molar-refractivity contribution >= 4 is 33.2 Å². The first-order valence-electron chi connectivity index (χ1n) is 4.77. The Labute approximate surface area is 119 Å². The van der Waals surface area contributed by atoms with Crippen LogP contribution in [-0.4, -0.2) is 14.9 Å². The van der Waals surface area contributed by atoms with Crippen LogP contribution in [0.15, 0.2) is 28.9 Å². The maximum atomic E-state index is 13.5. The fourth-order valence-corrected chi connectivity index (χ4v) is 1.59. The van der Waals surface area contributed by atoms with Gasteiger partial charge in [-0.1, -0.05) is 0 Å². The number of nitro groups is 1. The molecule has 0 atom stereocenters. The van der Waals surface area contributed by atoms with Gasteiger partial charge in [0.2, 0.25) is 11.2 Å². The van der Waals surface area contributed by atoms with E-state index in [-0.39, 0.29) is 22.6 Å². The summed E-state index contributed by atoms with van der Waals surface area (Å²) in [6.45, 7) is 0. The van der Waals surface area contributed by atoms with Crippen LogP contribution in [0.1, 0.15) is 0 Å². The van der Waals surface area contributed by atoms with Crippen LogP contribution in [0.5, 0.6) is 11.6 Å². The van der Waals surface area contributed by atoms with Crippen molar-refractivity contribution in [3.05, 3.63) is 50.1 Å². The van der Waals surface area contributed by atoms with Crippen molar-refractivity contribution in [2.45, 2.75) is 0 Å². The number of rotatable bonds is 3. The second kappa shape index (κ2) is 5.45. The molecule has 6 nitrogen and oxygen atoms in total. The van der Waals surface area contributed by atoms with Gasteiger partial charge in [-0.3, -0.25) is 10.1 Å². The number of benzene rings is 1. The minimum Gasteiger partial charge on any atom is -0.434 e. The molecule has 0 saturated heterocycles. The van der Waals surface area contributed by atoms with Crippen LogP contribution in [0.4, 0.5) is 10.1 Å². The smallest absolute Gasteiger partial charge is 0.273 e. The van der Waals surface area contributed by atoms with Crippen molar-refractivity contribution in [2.24, 2.45) is 0 Å². The van der Waals surface area contributed by atoms with Crippen molar-refractivity contribution in [3.63, 3.8) is 0 Å². The zero-order valence-electron chi connectivity index (χ0n) is 9.01. The Hall–Kier alpha value is -1.80. The zero-order valence-corrected chi connectivity index (χ0v) is 11.4. The van der Waals surface area contributed by atoms with Crippen molar-refractivity contribution in [1.29, 1.82) is 0 Å². The average molecular weight is 349 g/mol. The Kier molecular flexibility index (Phi) is 3.91. The second-order valence-electron chi connectivity index (χ2n) is 3.27. The zero-order chi connectivity index (χ0) is 14.0. The van der Waals surface area contributed by atoms with Gasteiger partial charge in [-0.25, -0.2) is 9.37 Å². The summed E-state index contributed by atoms with van der Waals surface area (Å²) in [4.78, 5) is 17.4. The van der Waals surface area contributed by atoms with Crippen LogP contribution < -0.4 is 4.74 Å². The predicted octanol–water partition coefficient (Wildman–Crippen LogP) is 3.73. The maximum absolute atomic E-state index is 13.5. The molecule has 2 rings (SSSR count). The molecule has 2 aromatic rings. The molecule has 1 aromatic heterocycles. The van der Waals surface area contributed by atoms with E-state index in [0.29, 0.717) is 4.47 Å². The molecule has 98 valence electrons. The number of ether oxygens (including phenoxy) is 1. The fraction of sp³-hybridized carbons (Fsp3) is 0. The van der Waals surface area contributed by atoms with Gasteiger partial charge in [0.25, 0.3) is 5.69 Å². The fourth-order valence-electron chi connectivity index (χ4n) is 1.19. The van der Waals surface area contributed by atoms with Crippen LogP contribution in [0, 0.1) is 15.9 Å². The molecule has 0 saturated carbocycles. The third-order valence-corrected chi connectivity index (χ3v) is 2.74. The molecule has 0 N–H and O–H groups in total. The molecule has 0 bridgehead atoms. The topological polar surface area (TPSA) is 78.2 Å². The molecule has 1 heterocycles. The summed E-state index contributed by atoms with van der Waals surface area (Å²) >= 11 is 8.67.